The number of carbonyl (C=O) groups is 2. The number of hydrogen-bond acceptors (Lipinski definition) is 4. The molecule has 13 heavy (non-hydrogen) atoms. The highest BCUT2D eigenvalue weighted by molar-refractivity contribution is 7.08. The molecule has 0 spiro atoms. The Labute approximate surface area is 78.6 Å². The lowest BCUT2D eigenvalue weighted by molar-refractivity contribution is 0.0702. The SMILES string of the molecule is CCNC(=O)c1cc(C(=O)O)sn1. The van der Waals surface area contributed by atoms with E-state index in [-0.39, 0.29) is 16.5 Å². The van der Waals surface area contributed by atoms with Crippen LogP contribution in [0.5, 0.6) is 0 Å². The number of carboxylic acid groups (broad SMARTS) is 1. The van der Waals surface area contributed by atoms with Gasteiger partial charge in [-0.1, -0.05) is 0 Å². The topological polar surface area (TPSA) is 79.3 Å². The molecule has 0 saturated heterocycles. The molecular weight excluding hydrogens is 192 g/mol. The molecule has 5 nitrogen and oxygen atoms in total. The molecule has 0 fully saturated rings. The van der Waals surface area contributed by atoms with Crippen molar-refractivity contribution in [1.82, 2.24) is 9.69 Å². The van der Waals surface area contributed by atoms with Gasteiger partial charge in [-0.25, -0.2) is 4.79 Å². The van der Waals surface area contributed by atoms with Gasteiger partial charge in [-0.05, 0) is 24.5 Å². The number of rotatable bonds is 3. The van der Waals surface area contributed by atoms with Gasteiger partial charge in [0.05, 0.1) is 0 Å². The van der Waals surface area contributed by atoms with Crippen LogP contribution in [0.2, 0.25) is 0 Å². The number of nitrogens with zero attached hydrogens (tertiary/aromatic N) is 1. The van der Waals surface area contributed by atoms with E-state index in [1.165, 1.54) is 6.07 Å². The predicted octanol–water partition coefficient (Wildman–Crippen LogP) is 0.591. The van der Waals surface area contributed by atoms with Gasteiger partial charge in [-0.3, -0.25) is 4.79 Å². The molecule has 70 valence electrons. The Hall–Kier alpha value is -1.43. The molecule has 0 aliphatic rings. The van der Waals surface area contributed by atoms with Crippen LogP contribution in [0.3, 0.4) is 0 Å². The van der Waals surface area contributed by atoms with Crippen molar-refractivity contribution < 1.29 is 14.7 Å². The van der Waals surface area contributed by atoms with E-state index < -0.39 is 5.97 Å². The van der Waals surface area contributed by atoms with E-state index in [1.54, 1.807) is 6.92 Å². The van der Waals surface area contributed by atoms with Crippen molar-refractivity contribution >= 4 is 23.4 Å². The fourth-order valence-electron chi connectivity index (χ4n) is 0.734. The van der Waals surface area contributed by atoms with Crippen LogP contribution in [-0.4, -0.2) is 27.9 Å². The molecule has 0 aliphatic carbocycles. The van der Waals surface area contributed by atoms with Gasteiger partial charge < -0.3 is 10.4 Å². The summed E-state index contributed by atoms with van der Waals surface area (Å²) in [6, 6.07) is 1.26. The van der Waals surface area contributed by atoms with E-state index in [1.807, 2.05) is 0 Å². The van der Waals surface area contributed by atoms with Crippen molar-refractivity contribution in [1.29, 1.82) is 0 Å². The second-order valence-electron chi connectivity index (χ2n) is 2.24. The summed E-state index contributed by atoms with van der Waals surface area (Å²) in [5.74, 6) is -1.40. The Morgan fingerprint density at radius 1 is 1.69 bits per heavy atom. The lowest BCUT2D eigenvalue weighted by Crippen LogP contribution is -2.22. The van der Waals surface area contributed by atoms with Crippen molar-refractivity contribution in [3.05, 3.63) is 16.6 Å². The van der Waals surface area contributed by atoms with Gasteiger partial charge in [0.15, 0.2) is 0 Å². The van der Waals surface area contributed by atoms with Gasteiger partial charge in [-0.15, -0.1) is 0 Å². The van der Waals surface area contributed by atoms with Crippen LogP contribution in [0.25, 0.3) is 0 Å². The van der Waals surface area contributed by atoms with Gasteiger partial charge in [0.2, 0.25) is 0 Å². The van der Waals surface area contributed by atoms with Crippen molar-refractivity contribution in [3.8, 4) is 0 Å². The smallest absolute Gasteiger partial charge is 0.347 e. The summed E-state index contributed by atoms with van der Waals surface area (Å²) >= 11 is 0.801. The molecule has 0 atom stereocenters. The Balaban J connectivity index is 2.79. The largest absolute Gasteiger partial charge is 0.477 e. The monoisotopic (exact) mass is 200 g/mol. The molecular formula is C7H8N2O3S. The lowest BCUT2D eigenvalue weighted by Gasteiger charge is -1.95. The van der Waals surface area contributed by atoms with E-state index in [9.17, 15) is 9.59 Å². The zero-order chi connectivity index (χ0) is 9.84. The number of amides is 1. The van der Waals surface area contributed by atoms with Crippen LogP contribution in [0, 0.1) is 0 Å². The van der Waals surface area contributed by atoms with Gasteiger partial charge in [-0.2, -0.15) is 4.37 Å². The summed E-state index contributed by atoms with van der Waals surface area (Å²) in [5, 5.41) is 11.1. The third-order valence-electron chi connectivity index (χ3n) is 1.29. The maximum atomic E-state index is 11.1. The summed E-state index contributed by atoms with van der Waals surface area (Å²) in [5.41, 5.74) is 0.157. The molecule has 0 unspecified atom stereocenters. The number of carbonyl (C=O) groups excluding carboxylic acids is 1. The normalized spacial score (nSPS) is 9.62. The number of hydrogen-bond donors (Lipinski definition) is 2. The van der Waals surface area contributed by atoms with Crippen LogP contribution < -0.4 is 5.32 Å². The molecule has 1 aromatic heterocycles. The first-order valence-corrected chi connectivity index (χ1v) is 4.40. The molecule has 0 aliphatic heterocycles. The minimum Gasteiger partial charge on any atom is -0.477 e. The zero-order valence-electron chi connectivity index (χ0n) is 6.90. The minimum atomic E-state index is -1.06. The first-order valence-electron chi connectivity index (χ1n) is 3.63. The molecule has 6 heteroatoms. The van der Waals surface area contributed by atoms with Crippen LogP contribution in [0.1, 0.15) is 27.1 Å². The van der Waals surface area contributed by atoms with Crippen LogP contribution in [0.15, 0.2) is 6.07 Å². The van der Waals surface area contributed by atoms with E-state index in [0.717, 1.165) is 11.5 Å². The van der Waals surface area contributed by atoms with Crippen molar-refractivity contribution in [2.24, 2.45) is 0 Å². The minimum absolute atomic E-state index is 0.0706. The number of aromatic carboxylic acids is 1. The standard InChI is InChI=1S/C7H8N2O3S/c1-2-8-6(10)4-3-5(7(11)12)13-9-4/h3H,2H2,1H3,(H,8,10)(H,11,12). The number of carboxylic acids is 1. The van der Waals surface area contributed by atoms with E-state index >= 15 is 0 Å². The molecule has 1 aromatic rings. The number of nitrogens with one attached hydrogen (secondary N) is 1. The third-order valence-corrected chi connectivity index (χ3v) is 2.07. The quantitative estimate of drug-likeness (QED) is 0.748. The second-order valence-corrected chi connectivity index (χ2v) is 3.05. The fraction of sp³-hybridized carbons (Fsp3) is 0.286. The zero-order valence-corrected chi connectivity index (χ0v) is 7.72. The Kier molecular flexibility index (Phi) is 2.97. The molecule has 2 N–H and O–H groups in total. The molecule has 1 rings (SSSR count). The van der Waals surface area contributed by atoms with Gasteiger partial charge in [0.25, 0.3) is 5.91 Å². The van der Waals surface area contributed by atoms with Gasteiger partial charge in [0, 0.05) is 6.54 Å². The third kappa shape index (κ3) is 2.25. The molecule has 1 heterocycles. The fourth-order valence-corrected chi connectivity index (χ4v) is 1.31. The molecule has 0 saturated carbocycles. The average molecular weight is 200 g/mol. The summed E-state index contributed by atoms with van der Waals surface area (Å²) in [6.07, 6.45) is 0. The molecule has 0 radical (unpaired) electrons. The summed E-state index contributed by atoms with van der Waals surface area (Å²) < 4.78 is 3.70. The van der Waals surface area contributed by atoms with Crippen LogP contribution in [0.4, 0.5) is 0 Å². The summed E-state index contributed by atoms with van der Waals surface area (Å²) in [7, 11) is 0. The first kappa shape index (κ1) is 9.66. The lowest BCUT2D eigenvalue weighted by atomic mass is 10.3. The summed E-state index contributed by atoms with van der Waals surface area (Å²) in [4.78, 5) is 21.6. The molecule has 0 bridgehead atoms. The van der Waals surface area contributed by atoms with Gasteiger partial charge >= 0.3 is 5.97 Å². The summed E-state index contributed by atoms with van der Waals surface area (Å²) in [6.45, 7) is 2.28. The highest BCUT2D eigenvalue weighted by atomic mass is 32.1. The second kappa shape index (κ2) is 3.99. The van der Waals surface area contributed by atoms with Crippen LogP contribution >= 0.6 is 11.5 Å². The highest BCUT2D eigenvalue weighted by Gasteiger charge is 2.13. The Morgan fingerprint density at radius 3 is 2.85 bits per heavy atom. The Bertz CT molecular complexity index is 334. The van der Waals surface area contributed by atoms with Gasteiger partial charge in [0.1, 0.15) is 10.6 Å². The van der Waals surface area contributed by atoms with Crippen molar-refractivity contribution in [2.45, 2.75) is 6.92 Å². The average Bonchev–Trinajstić information content (AvgIpc) is 2.52. The Morgan fingerprint density at radius 2 is 2.38 bits per heavy atom. The highest BCUT2D eigenvalue weighted by Crippen LogP contribution is 2.09. The van der Waals surface area contributed by atoms with E-state index in [2.05, 4.69) is 9.69 Å². The van der Waals surface area contributed by atoms with Crippen LogP contribution in [-0.2, 0) is 0 Å². The van der Waals surface area contributed by atoms with E-state index in [4.69, 9.17) is 5.11 Å². The maximum Gasteiger partial charge on any atom is 0.347 e. The van der Waals surface area contributed by atoms with Crippen molar-refractivity contribution in [3.63, 3.8) is 0 Å². The van der Waals surface area contributed by atoms with E-state index in [0.29, 0.717) is 6.54 Å². The number of aromatic nitrogens is 1. The van der Waals surface area contributed by atoms with Crippen molar-refractivity contribution in [2.75, 3.05) is 6.54 Å². The molecule has 1 amide bonds. The predicted molar refractivity (Wildman–Crippen MR) is 47.1 cm³/mol. The maximum absolute atomic E-state index is 11.1. The molecule has 0 aromatic carbocycles. The first-order chi connectivity index (χ1) is 6.15.